The van der Waals surface area contributed by atoms with Crippen LogP contribution in [0.1, 0.15) is 36.5 Å². The summed E-state index contributed by atoms with van der Waals surface area (Å²) in [7, 11) is 0. The molecule has 0 radical (unpaired) electrons. The largest absolute Gasteiger partial charge is 0.481 e. The van der Waals surface area contributed by atoms with E-state index in [9.17, 15) is 14.4 Å². The van der Waals surface area contributed by atoms with Gasteiger partial charge < -0.3 is 20.1 Å². The number of carbonyl (C=O) groups is 3. The van der Waals surface area contributed by atoms with Crippen LogP contribution in [0, 0.1) is 0 Å². The van der Waals surface area contributed by atoms with E-state index in [4.69, 9.17) is 9.84 Å². The molecule has 1 atom stereocenters. The lowest BCUT2D eigenvalue weighted by molar-refractivity contribution is -0.137. The van der Waals surface area contributed by atoms with Crippen molar-refractivity contribution in [2.24, 2.45) is 0 Å². The summed E-state index contributed by atoms with van der Waals surface area (Å²) < 4.78 is 5.35. The first-order valence-electron chi connectivity index (χ1n) is 8.68. The highest BCUT2D eigenvalue weighted by molar-refractivity contribution is 8.00. The molecule has 3 rings (SSSR count). The standard InChI is InChI=1S/C18H22N2O5S/c1-11-17(23)19-14-10-12(2-3-15(14)26-11)18(24)20(7-4-16(21)22)13-5-8-25-9-6-13/h2-3,10-11,13H,4-9H2,1H3,(H,19,23)(H,21,22). The average molecular weight is 378 g/mol. The van der Waals surface area contributed by atoms with Gasteiger partial charge in [0, 0.05) is 36.3 Å². The van der Waals surface area contributed by atoms with Gasteiger partial charge in [0.1, 0.15) is 0 Å². The number of carboxylic acid groups (broad SMARTS) is 1. The molecule has 1 aromatic carbocycles. The monoisotopic (exact) mass is 378 g/mol. The van der Waals surface area contributed by atoms with E-state index < -0.39 is 5.97 Å². The first kappa shape index (κ1) is 18.7. The van der Waals surface area contributed by atoms with Crippen molar-refractivity contribution in [3.63, 3.8) is 0 Å². The maximum Gasteiger partial charge on any atom is 0.305 e. The van der Waals surface area contributed by atoms with Crippen LogP contribution in [0.2, 0.25) is 0 Å². The predicted octanol–water partition coefficient (Wildman–Crippen LogP) is 2.22. The Morgan fingerprint density at radius 2 is 2.08 bits per heavy atom. The van der Waals surface area contributed by atoms with Crippen molar-refractivity contribution in [2.75, 3.05) is 25.1 Å². The van der Waals surface area contributed by atoms with E-state index in [0.717, 1.165) is 4.90 Å². The van der Waals surface area contributed by atoms with Gasteiger partial charge in [0.2, 0.25) is 5.91 Å². The van der Waals surface area contributed by atoms with Gasteiger partial charge in [-0.05, 0) is 38.0 Å². The number of thioether (sulfide) groups is 1. The number of amides is 2. The number of rotatable bonds is 5. The minimum Gasteiger partial charge on any atom is -0.481 e. The molecule has 0 aliphatic carbocycles. The quantitative estimate of drug-likeness (QED) is 0.816. The van der Waals surface area contributed by atoms with Crippen LogP contribution in [0.15, 0.2) is 23.1 Å². The summed E-state index contributed by atoms with van der Waals surface area (Å²) in [6, 6.07) is 5.23. The molecule has 2 aliphatic heterocycles. The number of anilines is 1. The minimum absolute atomic E-state index is 0.0318. The van der Waals surface area contributed by atoms with Crippen molar-refractivity contribution in [1.29, 1.82) is 0 Å². The molecule has 1 aromatic rings. The van der Waals surface area contributed by atoms with Crippen molar-refractivity contribution in [3.05, 3.63) is 23.8 Å². The number of carbonyl (C=O) groups excluding carboxylic acids is 2. The average Bonchev–Trinajstić information content (AvgIpc) is 2.63. The van der Waals surface area contributed by atoms with Crippen LogP contribution >= 0.6 is 11.8 Å². The maximum atomic E-state index is 13.1. The molecule has 1 saturated heterocycles. The zero-order chi connectivity index (χ0) is 18.7. The molecule has 2 amide bonds. The summed E-state index contributed by atoms with van der Waals surface area (Å²) in [6.45, 7) is 3.13. The summed E-state index contributed by atoms with van der Waals surface area (Å²) in [5.74, 6) is -1.23. The maximum absolute atomic E-state index is 13.1. The second kappa shape index (κ2) is 8.09. The van der Waals surface area contributed by atoms with E-state index in [1.54, 1.807) is 17.0 Å². The number of aliphatic carboxylic acids is 1. The van der Waals surface area contributed by atoms with Gasteiger partial charge in [-0.1, -0.05) is 0 Å². The molecule has 7 nitrogen and oxygen atoms in total. The number of carboxylic acids is 1. The van der Waals surface area contributed by atoms with Crippen LogP contribution in [0.4, 0.5) is 5.69 Å². The second-order valence-corrected chi connectivity index (χ2v) is 7.83. The fourth-order valence-corrected chi connectivity index (χ4v) is 4.10. The molecule has 2 N–H and O–H groups in total. The van der Waals surface area contributed by atoms with Gasteiger partial charge in [-0.2, -0.15) is 0 Å². The van der Waals surface area contributed by atoms with E-state index in [1.807, 2.05) is 13.0 Å². The fourth-order valence-electron chi connectivity index (χ4n) is 3.17. The number of nitrogens with zero attached hydrogens (tertiary/aromatic N) is 1. The van der Waals surface area contributed by atoms with E-state index in [2.05, 4.69) is 5.32 Å². The normalized spacial score (nSPS) is 20.2. The number of fused-ring (bicyclic) bond motifs is 1. The van der Waals surface area contributed by atoms with Gasteiger partial charge in [-0.3, -0.25) is 14.4 Å². The van der Waals surface area contributed by atoms with Crippen LogP contribution in [0.25, 0.3) is 0 Å². The lowest BCUT2D eigenvalue weighted by Crippen LogP contribution is -2.44. The third-order valence-electron chi connectivity index (χ3n) is 4.62. The van der Waals surface area contributed by atoms with E-state index in [0.29, 0.717) is 37.3 Å². The Hall–Kier alpha value is -2.06. The van der Waals surface area contributed by atoms with Crippen LogP contribution in [0.5, 0.6) is 0 Å². The van der Waals surface area contributed by atoms with Gasteiger partial charge in [0.05, 0.1) is 17.4 Å². The van der Waals surface area contributed by atoms with Crippen LogP contribution in [-0.2, 0) is 14.3 Å². The highest BCUT2D eigenvalue weighted by Gasteiger charge is 2.29. The number of hydrogen-bond acceptors (Lipinski definition) is 5. The summed E-state index contributed by atoms with van der Waals surface area (Å²) in [5.41, 5.74) is 1.09. The Kier molecular flexibility index (Phi) is 5.83. The van der Waals surface area contributed by atoms with Crippen LogP contribution < -0.4 is 5.32 Å². The third-order valence-corrected chi connectivity index (χ3v) is 5.79. The molecule has 8 heteroatoms. The molecule has 0 aromatic heterocycles. The summed E-state index contributed by atoms with van der Waals surface area (Å²) in [4.78, 5) is 38.5. The molecule has 0 bridgehead atoms. The number of nitrogens with one attached hydrogen (secondary N) is 1. The van der Waals surface area contributed by atoms with Crippen molar-refractivity contribution >= 4 is 35.2 Å². The zero-order valence-corrected chi connectivity index (χ0v) is 15.4. The fraction of sp³-hybridized carbons (Fsp3) is 0.500. The Labute approximate surface area is 156 Å². The molecule has 2 heterocycles. The highest BCUT2D eigenvalue weighted by Crippen LogP contribution is 2.36. The van der Waals surface area contributed by atoms with Gasteiger partial charge in [0.25, 0.3) is 5.91 Å². The predicted molar refractivity (Wildman–Crippen MR) is 97.5 cm³/mol. The molecule has 1 unspecified atom stereocenters. The number of benzene rings is 1. The number of hydrogen-bond donors (Lipinski definition) is 2. The van der Waals surface area contributed by atoms with E-state index in [-0.39, 0.29) is 36.1 Å². The highest BCUT2D eigenvalue weighted by atomic mass is 32.2. The molecule has 2 aliphatic rings. The van der Waals surface area contributed by atoms with Gasteiger partial charge in [-0.15, -0.1) is 11.8 Å². The van der Waals surface area contributed by atoms with Crippen LogP contribution in [0.3, 0.4) is 0 Å². The molecule has 26 heavy (non-hydrogen) atoms. The molecular weight excluding hydrogens is 356 g/mol. The Bertz CT molecular complexity index is 718. The van der Waals surface area contributed by atoms with Crippen molar-refractivity contribution in [3.8, 4) is 0 Å². The molecule has 1 fully saturated rings. The zero-order valence-electron chi connectivity index (χ0n) is 14.6. The lowest BCUT2D eigenvalue weighted by Gasteiger charge is -2.34. The first-order valence-corrected chi connectivity index (χ1v) is 9.55. The van der Waals surface area contributed by atoms with E-state index in [1.165, 1.54) is 11.8 Å². The molecule has 0 spiro atoms. The minimum atomic E-state index is -0.932. The Morgan fingerprint density at radius 1 is 1.35 bits per heavy atom. The summed E-state index contributed by atoms with van der Waals surface area (Å²) >= 11 is 1.46. The number of ether oxygens (including phenoxy) is 1. The van der Waals surface area contributed by atoms with Crippen molar-refractivity contribution in [2.45, 2.75) is 42.4 Å². The Morgan fingerprint density at radius 3 is 2.77 bits per heavy atom. The Balaban J connectivity index is 1.82. The van der Waals surface area contributed by atoms with Gasteiger partial charge >= 0.3 is 5.97 Å². The van der Waals surface area contributed by atoms with E-state index >= 15 is 0 Å². The molecular formula is C18H22N2O5S. The summed E-state index contributed by atoms with van der Waals surface area (Å²) in [6.07, 6.45) is 1.29. The molecule has 140 valence electrons. The lowest BCUT2D eigenvalue weighted by atomic mass is 10.0. The topological polar surface area (TPSA) is 95.9 Å². The van der Waals surface area contributed by atoms with Gasteiger partial charge in [-0.25, -0.2) is 0 Å². The molecule has 0 saturated carbocycles. The van der Waals surface area contributed by atoms with Crippen molar-refractivity contribution in [1.82, 2.24) is 4.90 Å². The SMILES string of the molecule is CC1Sc2ccc(C(=O)N(CCC(=O)O)C3CCOCC3)cc2NC1=O. The van der Waals surface area contributed by atoms with Crippen LogP contribution in [-0.4, -0.2) is 58.8 Å². The first-order chi connectivity index (χ1) is 12.5. The van der Waals surface area contributed by atoms with Crippen molar-refractivity contribution < 1.29 is 24.2 Å². The second-order valence-electron chi connectivity index (χ2n) is 6.45. The summed E-state index contributed by atoms with van der Waals surface area (Å²) in [5, 5.41) is 11.7. The smallest absolute Gasteiger partial charge is 0.305 e. The third kappa shape index (κ3) is 4.19. The van der Waals surface area contributed by atoms with Gasteiger partial charge in [0.15, 0.2) is 0 Å².